The molecule has 1 aromatic carbocycles. The maximum atomic E-state index is 12.1. The molecule has 2 aromatic rings. The number of nitrogens with zero attached hydrogens (tertiary/aromatic N) is 1. The second-order valence-corrected chi connectivity index (χ2v) is 7.94. The van der Waals surface area contributed by atoms with Gasteiger partial charge in [-0.3, -0.25) is 4.79 Å². The molecule has 0 radical (unpaired) electrons. The van der Waals surface area contributed by atoms with Gasteiger partial charge in [0.1, 0.15) is 0 Å². The third-order valence-electron chi connectivity index (χ3n) is 4.21. The summed E-state index contributed by atoms with van der Waals surface area (Å²) in [5.74, 6) is -1.01. The fourth-order valence-corrected chi connectivity index (χ4v) is 4.43. The Bertz CT molecular complexity index is 754. The van der Waals surface area contributed by atoms with Crippen molar-refractivity contribution in [1.82, 2.24) is 10.3 Å². The normalized spacial score (nSPS) is 20.7. The van der Waals surface area contributed by atoms with E-state index in [-0.39, 0.29) is 18.0 Å². The molecule has 1 aliphatic rings. The lowest BCUT2D eigenvalue weighted by atomic mass is 9.86. The van der Waals surface area contributed by atoms with Crippen molar-refractivity contribution in [2.75, 3.05) is 11.6 Å². The number of carbonyl (C=O) groups excluding carboxylic acids is 1. The number of carbonyl (C=O) groups is 2. The molecule has 1 fully saturated rings. The molecule has 0 bridgehead atoms. The Hall–Kier alpha value is -1.80. The number of aromatic nitrogens is 1. The van der Waals surface area contributed by atoms with Gasteiger partial charge in [-0.1, -0.05) is 11.8 Å². The Kier molecular flexibility index (Phi) is 5.25. The van der Waals surface area contributed by atoms with Gasteiger partial charge in [-0.2, -0.15) is 0 Å². The van der Waals surface area contributed by atoms with Crippen LogP contribution in [0.2, 0.25) is 0 Å². The zero-order chi connectivity index (χ0) is 17.1. The zero-order valence-electron chi connectivity index (χ0n) is 13.2. The van der Waals surface area contributed by atoms with Crippen molar-refractivity contribution >= 4 is 51.0 Å². The topological polar surface area (TPSA) is 91.3 Å². The van der Waals surface area contributed by atoms with Crippen LogP contribution in [0.25, 0.3) is 10.2 Å². The zero-order valence-corrected chi connectivity index (χ0v) is 14.9. The smallest absolute Gasteiger partial charge is 0.319 e. The molecule has 1 aliphatic carbocycles. The number of benzene rings is 1. The second-order valence-electron chi connectivity index (χ2n) is 5.85. The van der Waals surface area contributed by atoms with E-state index in [1.54, 1.807) is 23.1 Å². The number of carboxylic acids is 1. The van der Waals surface area contributed by atoms with Crippen molar-refractivity contribution < 1.29 is 14.7 Å². The molecule has 0 atom stereocenters. The van der Waals surface area contributed by atoms with Gasteiger partial charge >= 0.3 is 12.0 Å². The van der Waals surface area contributed by atoms with Crippen LogP contribution in [0.15, 0.2) is 22.5 Å². The van der Waals surface area contributed by atoms with Gasteiger partial charge in [0.15, 0.2) is 4.34 Å². The van der Waals surface area contributed by atoms with Crippen molar-refractivity contribution in [1.29, 1.82) is 0 Å². The number of rotatable bonds is 4. The highest BCUT2D eigenvalue weighted by atomic mass is 32.2. The molecule has 24 heavy (non-hydrogen) atoms. The molecule has 3 N–H and O–H groups in total. The average molecular weight is 365 g/mol. The Labute approximate surface area is 148 Å². The van der Waals surface area contributed by atoms with Gasteiger partial charge in [0.2, 0.25) is 0 Å². The van der Waals surface area contributed by atoms with Crippen molar-refractivity contribution in [3.63, 3.8) is 0 Å². The summed E-state index contributed by atoms with van der Waals surface area (Å²) in [4.78, 5) is 27.6. The number of carboxylic acid groups (broad SMARTS) is 1. The van der Waals surface area contributed by atoms with Gasteiger partial charge in [-0.15, -0.1) is 11.3 Å². The molecule has 0 saturated heterocycles. The number of aliphatic carboxylic acids is 1. The standard InChI is InChI=1S/C16H19N3O3S2/c1-23-16-19-12-7-6-11(8-13(12)24-16)18-15(22)17-10-4-2-9(3-5-10)14(20)21/h6-10H,2-5H2,1H3,(H,20,21)(H2,17,18,22). The third-order valence-corrected chi connectivity index (χ3v) is 6.22. The molecule has 3 rings (SSSR count). The van der Waals surface area contributed by atoms with Crippen LogP contribution in [0.5, 0.6) is 0 Å². The number of fused-ring (bicyclic) bond motifs is 1. The summed E-state index contributed by atoms with van der Waals surface area (Å²) in [5, 5.41) is 14.8. The number of hydrogen-bond donors (Lipinski definition) is 3. The number of amides is 2. The maximum absolute atomic E-state index is 12.1. The average Bonchev–Trinajstić information content (AvgIpc) is 2.97. The number of anilines is 1. The molecule has 128 valence electrons. The number of thioether (sulfide) groups is 1. The third kappa shape index (κ3) is 3.99. The van der Waals surface area contributed by atoms with E-state index < -0.39 is 5.97 Å². The van der Waals surface area contributed by atoms with E-state index in [0.29, 0.717) is 25.7 Å². The van der Waals surface area contributed by atoms with E-state index in [4.69, 9.17) is 5.11 Å². The minimum atomic E-state index is -0.736. The predicted octanol–water partition coefficient (Wildman–Crippen LogP) is 3.78. The molecule has 1 saturated carbocycles. The molecule has 8 heteroatoms. The van der Waals surface area contributed by atoms with Crippen molar-refractivity contribution in [2.24, 2.45) is 5.92 Å². The predicted molar refractivity (Wildman–Crippen MR) is 96.9 cm³/mol. The lowest BCUT2D eigenvalue weighted by Gasteiger charge is -2.26. The summed E-state index contributed by atoms with van der Waals surface area (Å²) >= 11 is 3.21. The van der Waals surface area contributed by atoms with Crippen LogP contribution < -0.4 is 10.6 Å². The number of hydrogen-bond acceptors (Lipinski definition) is 5. The quantitative estimate of drug-likeness (QED) is 0.717. The molecule has 0 aliphatic heterocycles. The highest BCUT2D eigenvalue weighted by molar-refractivity contribution is 8.00. The Morgan fingerprint density at radius 1 is 1.29 bits per heavy atom. The fourth-order valence-electron chi connectivity index (χ4n) is 2.91. The van der Waals surface area contributed by atoms with Gasteiger partial charge in [0, 0.05) is 11.7 Å². The summed E-state index contributed by atoms with van der Waals surface area (Å²) in [7, 11) is 0. The first-order chi connectivity index (χ1) is 11.5. The Morgan fingerprint density at radius 2 is 2.04 bits per heavy atom. The molecule has 0 spiro atoms. The van der Waals surface area contributed by atoms with Crippen LogP contribution in [0.1, 0.15) is 25.7 Å². The second kappa shape index (κ2) is 7.40. The maximum Gasteiger partial charge on any atom is 0.319 e. The molecule has 2 amide bonds. The summed E-state index contributed by atoms with van der Waals surface area (Å²) in [6.45, 7) is 0. The summed E-state index contributed by atoms with van der Waals surface area (Å²) < 4.78 is 2.04. The minimum absolute atomic E-state index is 0.0378. The molecule has 6 nitrogen and oxygen atoms in total. The fraction of sp³-hybridized carbons (Fsp3) is 0.438. The first-order valence-electron chi connectivity index (χ1n) is 7.80. The molecule has 1 heterocycles. The van der Waals surface area contributed by atoms with Gasteiger partial charge in [-0.25, -0.2) is 9.78 Å². The van der Waals surface area contributed by atoms with Crippen LogP contribution in [0, 0.1) is 5.92 Å². The molecule has 0 unspecified atom stereocenters. The highest BCUT2D eigenvalue weighted by Gasteiger charge is 2.26. The number of nitrogens with one attached hydrogen (secondary N) is 2. The molecule has 1 aromatic heterocycles. The largest absolute Gasteiger partial charge is 0.481 e. The first-order valence-corrected chi connectivity index (χ1v) is 9.84. The Morgan fingerprint density at radius 3 is 2.71 bits per heavy atom. The van der Waals surface area contributed by atoms with E-state index >= 15 is 0 Å². The van der Waals surface area contributed by atoms with Crippen molar-refractivity contribution in [2.45, 2.75) is 36.1 Å². The summed E-state index contributed by atoms with van der Waals surface area (Å²) in [5.41, 5.74) is 1.66. The summed E-state index contributed by atoms with van der Waals surface area (Å²) in [6, 6.07) is 5.46. The summed E-state index contributed by atoms with van der Waals surface area (Å²) in [6.07, 6.45) is 4.63. The van der Waals surface area contributed by atoms with E-state index in [1.165, 1.54) is 0 Å². The van der Waals surface area contributed by atoms with Crippen LogP contribution in [0.4, 0.5) is 10.5 Å². The van der Waals surface area contributed by atoms with Crippen LogP contribution >= 0.6 is 23.1 Å². The van der Waals surface area contributed by atoms with Crippen molar-refractivity contribution in [3.8, 4) is 0 Å². The van der Waals surface area contributed by atoms with Crippen LogP contribution in [-0.2, 0) is 4.79 Å². The monoisotopic (exact) mass is 365 g/mol. The van der Waals surface area contributed by atoms with E-state index in [2.05, 4.69) is 15.6 Å². The van der Waals surface area contributed by atoms with Gasteiger partial charge in [0.25, 0.3) is 0 Å². The van der Waals surface area contributed by atoms with Gasteiger partial charge in [-0.05, 0) is 50.1 Å². The van der Waals surface area contributed by atoms with E-state index in [9.17, 15) is 9.59 Å². The first kappa shape index (κ1) is 17.0. The number of urea groups is 1. The van der Waals surface area contributed by atoms with E-state index in [1.807, 2.05) is 24.5 Å². The van der Waals surface area contributed by atoms with E-state index in [0.717, 1.165) is 20.2 Å². The molecular formula is C16H19N3O3S2. The number of thiazole rings is 1. The van der Waals surface area contributed by atoms with Crippen LogP contribution in [0.3, 0.4) is 0 Å². The van der Waals surface area contributed by atoms with Crippen molar-refractivity contribution in [3.05, 3.63) is 18.2 Å². The lowest BCUT2D eigenvalue weighted by molar-refractivity contribution is -0.142. The molecular weight excluding hydrogens is 346 g/mol. The highest BCUT2D eigenvalue weighted by Crippen LogP contribution is 2.30. The lowest BCUT2D eigenvalue weighted by Crippen LogP contribution is -2.40. The van der Waals surface area contributed by atoms with Gasteiger partial charge in [0.05, 0.1) is 16.1 Å². The Balaban J connectivity index is 1.56. The SMILES string of the molecule is CSc1nc2ccc(NC(=O)NC3CCC(C(=O)O)CC3)cc2s1. The minimum Gasteiger partial charge on any atom is -0.481 e. The van der Waals surface area contributed by atoms with Gasteiger partial charge < -0.3 is 15.7 Å². The van der Waals surface area contributed by atoms with Crippen LogP contribution in [-0.4, -0.2) is 34.4 Å².